The van der Waals surface area contributed by atoms with E-state index in [4.69, 9.17) is 5.73 Å². The first-order valence-corrected chi connectivity index (χ1v) is 6.02. The molecule has 3 heteroatoms. The summed E-state index contributed by atoms with van der Waals surface area (Å²) in [6.07, 6.45) is 4.97. The van der Waals surface area contributed by atoms with Crippen molar-refractivity contribution in [2.24, 2.45) is 11.7 Å². The van der Waals surface area contributed by atoms with Crippen LogP contribution < -0.4 is 11.1 Å². The van der Waals surface area contributed by atoms with Gasteiger partial charge in [-0.05, 0) is 39.5 Å². The first-order valence-electron chi connectivity index (χ1n) is 6.02. The van der Waals surface area contributed by atoms with Gasteiger partial charge in [0.2, 0.25) is 5.91 Å². The van der Waals surface area contributed by atoms with Gasteiger partial charge in [0.15, 0.2) is 0 Å². The van der Waals surface area contributed by atoms with Crippen LogP contribution in [-0.4, -0.2) is 17.5 Å². The van der Waals surface area contributed by atoms with E-state index in [1.807, 2.05) is 0 Å². The lowest BCUT2D eigenvalue weighted by atomic mass is 9.85. The Morgan fingerprint density at radius 3 is 2.67 bits per heavy atom. The third-order valence-corrected chi connectivity index (χ3v) is 3.43. The summed E-state index contributed by atoms with van der Waals surface area (Å²) in [5, 5.41) is 3.10. The Morgan fingerprint density at radius 1 is 1.47 bits per heavy atom. The number of hydrogen-bond acceptors (Lipinski definition) is 2. The van der Waals surface area contributed by atoms with Crippen LogP contribution in [-0.2, 0) is 4.79 Å². The van der Waals surface area contributed by atoms with Gasteiger partial charge in [0, 0.05) is 17.5 Å². The van der Waals surface area contributed by atoms with Crippen LogP contribution in [0.1, 0.15) is 52.9 Å². The van der Waals surface area contributed by atoms with Crippen LogP contribution in [0.25, 0.3) is 0 Å². The minimum atomic E-state index is -0.0847. The molecule has 3 nitrogen and oxygen atoms in total. The molecule has 0 radical (unpaired) electrons. The largest absolute Gasteiger partial charge is 0.351 e. The zero-order valence-corrected chi connectivity index (χ0v) is 10.2. The molecule has 0 heterocycles. The molecule has 0 bridgehead atoms. The van der Waals surface area contributed by atoms with Gasteiger partial charge in [-0.1, -0.05) is 13.3 Å². The number of nitrogens with two attached hydrogens (primary N) is 1. The molecule has 1 saturated carbocycles. The lowest BCUT2D eigenvalue weighted by Gasteiger charge is -2.31. The maximum absolute atomic E-state index is 12.0. The Labute approximate surface area is 92.8 Å². The van der Waals surface area contributed by atoms with Crippen molar-refractivity contribution in [3.05, 3.63) is 0 Å². The van der Waals surface area contributed by atoms with Crippen molar-refractivity contribution in [2.75, 3.05) is 0 Å². The zero-order chi connectivity index (χ0) is 11.5. The monoisotopic (exact) mass is 212 g/mol. The maximum Gasteiger partial charge on any atom is 0.223 e. The van der Waals surface area contributed by atoms with Gasteiger partial charge in [-0.2, -0.15) is 0 Å². The van der Waals surface area contributed by atoms with Crippen molar-refractivity contribution in [1.29, 1.82) is 0 Å². The minimum absolute atomic E-state index is 0.0847. The molecular weight excluding hydrogens is 188 g/mol. The molecule has 0 saturated heterocycles. The second kappa shape index (κ2) is 4.97. The molecule has 15 heavy (non-hydrogen) atoms. The number of carbonyl (C=O) groups excluding carboxylic acids is 1. The van der Waals surface area contributed by atoms with E-state index in [1.54, 1.807) is 0 Å². The SMILES string of the molecule is CCC(C)(C)NC(=O)C1CCCC(N)C1. The molecule has 0 aromatic rings. The molecular formula is C12H24N2O. The number of rotatable bonds is 3. The van der Waals surface area contributed by atoms with Gasteiger partial charge in [0.25, 0.3) is 0 Å². The number of amides is 1. The van der Waals surface area contributed by atoms with Gasteiger partial charge < -0.3 is 11.1 Å². The van der Waals surface area contributed by atoms with Crippen LogP contribution in [0.5, 0.6) is 0 Å². The van der Waals surface area contributed by atoms with Crippen LogP contribution in [0.2, 0.25) is 0 Å². The Hall–Kier alpha value is -0.570. The maximum atomic E-state index is 12.0. The predicted molar refractivity (Wildman–Crippen MR) is 62.4 cm³/mol. The molecule has 1 fully saturated rings. The van der Waals surface area contributed by atoms with Gasteiger partial charge in [-0.15, -0.1) is 0 Å². The molecule has 0 aliphatic heterocycles. The number of hydrogen-bond donors (Lipinski definition) is 2. The van der Waals surface area contributed by atoms with Crippen molar-refractivity contribution in [2.45, 2.75) is 64.5 Å². The van der Waals surface area contributed by atoms with E-state index in [0.717, 1.165) is 32.1 Å². The number of carbonyl (C=O) groups is 1. The fourth-order valence-electron chi connectivity index (χ4n) is 1.99. The van der Waals surface area contributed by atoms with E-state index in [0.29, 0.717) is 0 Å². The van der Waals surface area contributed by atoms with E-state index in [2.05, 4.69) is 26.1 Å². The molecule has 88 valence electrons. The lowest BCUT2D eigenvalue weighted by molar-refractivity contribution is -0.127. The zero-order valence-electron chi connectivity index (χ0n) is 10.2. The molecule has 0 spiro atoms. The van der Waals surface area contributed by atoms with Crippen LogP contribution in [0, 0.1) is 5.92 Å². The Kier molecular flexibility index (Phi) is 4.14. The molecule has 2 unspecified atom stereocenters. The predicted octanol–water partition coefficient (Wildman–Crippen LogP) is 1.81. The van der Waals surface area contributed by atoms with Gasteiger partial charge in [0.1, 0.15) is 0 Å². The average molecular weight is 212 g/mol. The second-order valence-corrected chi connectivity index (χ2v) is 5.35. The van der Waals surface area contributed by atoms with E-state index in [1.165, 1.54) is 0 Å². The number of nitrogens with one attached hydrogen (secondary N) is 1. The summed E-state index contributed by atoms with van der Waals surface area (Å²) in [5.74, 6) is 0.330. The second-order valence-electron chi connectivity index (χ2n) is 5.35. The van der Waals surface area contributed by atoms with Crippen molar-refractivity contribution in [1.82, 2.24) is 5.32 Å². The smallest absolute Gasteiger partial charge is 0.223 e. The molecule has 1 amide bonds. The van der Waals surface area contributed by atoms with E-state index < -0.39 is 0 Å². The Bertz CT molecular complexity index is 226. The highest BCUT2D eigenvalue weighted by molar-refractivity contribution is 5.79. The van der Waals surface area contributed by atoms with Gasteiger partial charge >= 0.3 is 0 Å². The molecule has 1 aliphatic carbocycles. The van der Waals surface area contributed by atoms with Crippen LogP contribution in [0.3, 0.4) is 0 Å². The fraction of sp³-hybridized carbons (Fsp3) is 0.917. The molecule has 0 aromatic heterocycles. The van der Waals surface area contributed by atoms with Crippen LogP contribution in [0.15, 0.2) is 0 Å². The van der Waals surface area contributed by atoms with Crippen molar-refractivity contribution in [3.8, 4) is 0 Å². The molecule has 3 N–H and O–H groups in total. The highest BCUT2D eigenvalue weighted by Crippen LogP contribution is 2.24. The third kappa shape index (κ3) is 3.82. The van der Waals surface area contributed by atoms with Crippen LogP contribution in [0.4, 0.5) is 0 Å². The van der Waals surface area contributed by atoms with E-state index >= 15 is 0 Å². The molecule has 2 atom stereocenters. The standard InChI is InChI=1S/C12H24N2O/c1-4-12(2,3)14-11(15)9-6-5-7-10(13)8-9/h9-10H,4-8,13H2,1-3H3,(H,14,15). The Balaban J connectivity index is 2.46. The van der Waals surface area contributed by atoms with Gasteiger partial charge in [-0.3, -0.25) is 4.79 Å². The Morgan fingerprint density at radius 2 is 2.13 bits per heavy atom. The lowest BCUT2D eigenvalue weighted by Crippen LogP contribution is -2.47. The topological polar surface area (TPSA) is 55.1 Å². The van der Waals surface area contributed by atoms with Crippen LogP contribution >= 0.6 is 0 Å². The summed E-state index contributed by atoms with van der Waals surface area (Å²) >= 11 is 0. The fourth-order valence-corrected chi connectivity index (χ4v) is 1.99. The summed E-state index contributed by atoms with van der Waals surface area (Å²) in [4.78, 5) is 12.0. The summed E-state index contributed by atoms with van der Waals surface area (Å²) in [6.45, 7) is 6.22. The summed E-state index contributed by atoms with van der Waals surface area (Å²) in [7, 11) is 0. The average Bonchev–Trinajstić information content (AvgIpc) is 2.17. The van der Waals surface area contributed by atoms with Crippen molar-refractivity contribution < 1.29 is 4.79 Å². The van der Waals surface area contributed by atoms with E-state index in [9.17, 15) is 4.79 Å². The highest BCUT2D eigenvalue weighted by Gasteiger charge is 2.28. The molecule has 1 aliphatic rings. The van der Waals surface area contributed by atoms with Crippen molar-refractivity contribution >= 4 is 5.91 Å². The highest BCUT2D eigenvalue weighted by atomic mass is 16.2. The van der Waals surface area contributed by atoms with E-state index in [-0.39, 0.29) is 23.4 Å². The molecule has 1 rings (SSSR count). The van der Waals surface area contributed by atoms with Gasteiger partial charge in [0.05, 0.1) is 0 Å². The van der Waals surface area contributed by atoms with Gasteiger partial charge in [-0.25, -0.2) is 0 Å². The minimum Gasteiger partial charge on any atom is -0.351 e. The first-order chi connectivity index (χ1) is 6.94. The van der Waals surface area contributed by atoms with Crippen molar-refractivity contribution in [3.63, 3.8) is 0 Å². The normalized spacial score (nSPS) is 27.5. The summed E-state index contributed by atoms with van der Waals surface area (Å²) in [6, 6.07) is 0.222. The summed E-state index contributed by atoms with van der Waals surface area (Å²) in [5.41, 5.74) is 5.79. The summed E-state index contributed by atoms with van der Waals surface area (Å²) < 4.78 is 0. The molecule has 0 aromatic carbocycles. The quantitative estimate of drug-likeness (QED) is 0.749. The third-order valence-electron chi connectivity index (χ3n) is 3.43. The first kappa shape index (κ1) is 12.5.